The lowest BCUT2D eigenvalue weighted by atomic mass is 9.90. The molecule has 1 aliphatic carbocycles. The molecule has 0 aromatic rings. The zero-order valence-corrected chi connectivity index (χ0v) is 8.86. The fourth-order valence-corrected chi connectivity index (χ4v) is 2.97. The minimum absolute atomic E-state index is 0.336. The fraction of sp³-hybridized carbons (Fsp3) is 1.00. The number of nitrogens with zero attached hydrogens (tertiary/aromatic N) is 1. The molecule has 14 heavy (non-hydrogen) atoms. The SMILES string of the molecule is NC1CCC(N2CCC[C@@H]2CO)CC1. The lowest BCUT2D eigenvalue weighted by Crippen LogP contribution is -2.44. The van der Waals surface area contributed by atoms with E-state index in [1.165, 1.54) is 45.1 Å². The van der Waals surface area contributed by atoms with Crippen LogP contribution in [0.15, 0.2) is 0 Å². The van der Waals surface area contributed by atoms with Gasteiger partial charge in [-0.1, -0.05) is 0 Å². The van der Waals surface area contributed by atoms with Gasteiger partial charge in [0.15, 0.2) is 0 Å². The van der Waals surface area contributed by atoms with Gasteiger partial charge in [-0.25, -0.2) is 0 Å². The maximum atomic E-state index is 9.25. The van der Waals surface area contributed by atoms with Gasteiger partial charge in [0.2, 0.25) is 0 Å². The van der Waals surface area contributed by atoms with Crippen LogP contribution in [0.5, 0.6) is 0 Å². The largest absolute Gasteiger partial charge is 0.395 e. The van der Waals surface area contributed by atoms with Crippen LogP contribution in [-0.4, -0.2) is 41.3 Å². The van der Waals surface area contributed by atoms with Crippen molar-refractivity contribution in [1.29, 1.82) is 0 Å². The van der Waals surface area contributed by atoms with E-state index in [0.29, 0.717) is 24.7 Å². The first kappa shape index (κ1) is 10.4. The summed E-state index contributed by atoms with van der Waals surface area (Å²) >= 11 is 0. The van der Waals surface area contributed by atoms with Gasteiger partial charge in [-0.2, -0.15) is 0 Å². The van der Waals surface area contributed by atoms with Crippen molar-refractivity contribution in [2.24, 2.45) is 5.73 Å². The third kappa shape index (κ3) is 2.10. The van der Waals surface area contributed by atoms with Crippen LogP contribution in [0.4, 0.5) is 0 Å². The maximum Gasteiger partial charge on any atom is 0.0586 e. The molecule has 0 bridgehead atoms. The summed E-state index contributed by atoms with van der Waals surface area (Å²) in [7, 11) is 0. The number of hydrogen-bond donors (Lipinski definition) is 2. The summed E-state index contributed by atoms with van der Waals surface area (Å²) in [4.78, 5) is 2.52. The van der Waals surface area contributed by atoms with Crippen molar-refractivity contribution in [3.63, 3.8) is 0 Å². The molecular weight excluding hydrogens is 176 g/mol. The standard InChI is InChI=1S/C11H22N2O/c12-9-3-5-10(6-4-9)13-7-1-2-11(13)8-14/h9-11,14H,1-8,12H2/t9?,10?,11-/m1/s1. The van der Waals surface area contributed by atoms with Gasteiger partial charge in [0, 0.05) is 18.1 Å². The lowest BCUT2D eigenvalue weighted by molar-refractivity contribution is 0.0948. The van der Waals surface area contributed by atoms with Gasteiger partial charge in [0.25, 0.3) is 0 Å². The lowest BCUT2D eigenvalue weighted by Gasteiger charge is -2.36. The molecule has 1 heterocycles. The number of likely N-dealkylation sites (tertiary alicyclic amines) is 1. The Morgan fingerprint density at radius 1 is 1.14 bits per heavy atom. The Hall–Kier alpha value is -0.120. The van der Waals surface area contributed by atoms with Crippen LogP contribution in [0.2, 0.25) is 0 Å². The molecule has 0 radical (unpaired) electrons. The summed E-state index contributed by atoms with van der Waals surface area (Å²) in [6, 6.07) is 1.57. The minimum Gasteiger partial charge on any atom is -0.395 e. The van der Waals surface area contributed by atoms with Crippen molar-refractivity contribution in [3.05, 3.63) is 0 Å². The molecule has 0 spiro atoms. The molecule has 3 nitrogen and oxygen atoms in total. The van der Waals surface area contributed by atoms with E-state index >= 15 is 0 Å². The van der Waals surface area contributed by atoms with Crippen molar-refractivity contribution >= 4 is 0 Å². The number of hydrogen-bond acceptors (Lipinski definition) is 3. The zero-order valence-electron chi connectivity index (χ0n) is 8.86. The predicted molar refractivity (Wildman–Crippen MR) is 57.0 cm³/mol. The van der Waals surface area contributed by atoms with Crippen molar-refractivity contribution in [2.45, 2.75) is 56.7 Å². The summed E-state index contributed by atoms with van der Waals surface area (Å²) in [6.45, 7) is 1.52. The van der Waals surface area contributed by atoms with E-state index < -0.39 is 0 Å². The molecule has 1 saturated heterocycles. The molecule has 1 atom stereocenters. The van der Waals surface area contributed by atoms with Gasteiger partial charge in [0.1, 0.15) is 0 Å². The number of nitrogens with two attached hydrogens (primary N) is 1. The first-order chi connectivity index (χ1) is 6.81. The second-order valence-corrected chi connectivity index (χ2v) is 4.79. The predicted octanol–water partition coefficient (Wildman–Crippen LogP) is 0.713. The summed E-state index contributed by atoms with van der Waals surface area (Å²) in [5, 5.41) is 9.25. The van der Waals surface area contributed by atoms with E-state index in [0.717, 1.165) is 0 Å². The molecule has 0 aromatic heterocycles. The molecule has 2 rings (SSSR count). The van der Waals surface area contributed by atoms with Crippen molar-refractivity contribution in [1.82, 2.24) is 4.90 Å². The molecule has 2 fully saturated rings. The van der Waals surface area contributed by atoms with E-state index in [1.54, 1.807) is 0 Å². The molecule has 82 valence electrons. The number of aliphatic hydroxyl groups excluding tert-OH is 1. The summed E-state index contributed by atoms with van der Waals surface area (Å²) < 4.78 is 0. The average Bonchev–Trinajstić information content (AvgIpc) is 2.67. The van der Waals surface area contributed by atoms with E-state index in [4.69, 9.17) is 5.73 Å². The van der Waals surface area contributed by atoms with Crippen LogP contribution in [0.3, 0.4) is 0 Å². The Morgan fingerprint density at radius 3 is 2.50 bits per heavy atom. The molecular formula is C11H22N2O. The Kier molecular flexibility index (Phi) is 3.42. The molecule has 3 heteroatoms. The maximum absolute atomic E-state index is 9.25. The zero-order chi connectivity index (χ0) is 9.97. The Balaban J connectivity index is 1.88. The quantitative estimate of drug-likeness (QED) is 0.687. The Morgan fingerprint density at radius 2 is 1.86 bits per heavy atom. The normalized spacial score (nSPS) is 40.3. The topological polar surface area (TPSA) is 49.5 Å². The average molecular weight is 198 g/mol. The van der Waals surface area contributed by atoms with Crippen LogP contribution < -0.4 is 5.73 Å². The molecule has 1 aliphatic heterocycles. The fourth-order valence-electron chi connectivity index (χ4n) is 2.97. The van der Waals surface area contributed by atoms with Crippen LogP contribution in [0, 0.1) is 0 Å². The van der Waals surface area contributed by atoms with Crippen molar-refractivity contribution in [3.8, 4) is 0 Å². The van der Waals surface area contributed by atoms with Crippen molar-refractivity contribution in [2.75, 3.05) is 13.2 Å². The number of aliphatic hydroxyl groups is 1. The van der Waals surface area contributed by atoms with E-state index in [-0.39, 0.29) is 0 Å². The van der Waals surface area contributed by atoms with Crippen LogP contribution in [-0.2, 0) is 0 Å². The monoisotopic (exact) mass is 198 g/mol. The van der Waals surface area contributed by atoms with Crippen LogP contribution >= 0.6 is 0 Å². The van der Waals surface area contributed by atoms with Gasteiger partial charge in [-0.15, -0.1) is 0 Å². The first-order valence-electron chi connectivity index (χ1n) is 5.93. The molecule has 2 aliphatic rings. The van der Waals surface area contributed by atoms with E-state index in [2.05, 4.69) is 4.90 Å². The molecule has 0 unspecified atom stereocenters. The molecule has 0 amide bonds. The van der Waals surface area contributed by atoms with Gasteiger partial charge in [0.05, 0.1) is 6.61 Å². The van der Waals surface area contributed by atoms with Gasteiger partial charge < -0.3 is 10.8 Å². The summed E-state index contributed by atoms with van der Waals surface area (Å²) in [5.41, 5.74) is 5.89. The van der Waals surface area contributed by atoms with Crippen LogP contribution in [0.1, 0.15) is 38.5 Å². The minimum atomic E-state index is 0.336. The summed E-state index contributed by atoms with van der Waals surface area (Å²) in [5.74, 6) is 0. The van der Waals surface area contributed by atoms with E-state index in [9.17, 15) is 5.11 Å². The highest BCUT2D eigenvalue weighted by Gasteiger charge is 2.31. The summed E-state index contributed by atoms with van der Waals surface area (Å²) in [6.07, 6.45) is 7.24. The highest BCUT2D eigenvalue weighted by Crippen LogP contribution is 2.28. The number of rotatable bonds is 2. The second kappa shape index (κ2) is 4.60. The van der Waals surface area contributed by atoms with Crippen molar-refractivity contribution < 1.29 is 5.11 Å². The molecule has 3 N–H and O–H groups in total. The van der Waals surface area contributed by atoms with E-state index in [1.807, 2.05) is 0 Å². The first-order valence-corrected chi connectivity index (χ1v) is 5.93. The van der Waals surface area contributed by atoms with Crippen LogP contribution in [0.25, 0.3) is 0 Å². The Bertz CT molecular complexity index is 178. The third-order valence-electron chi connectivity index (χ3n) is 3.84. The highest BCUT2D eigenvalue weighted by atomic mass is 16.3. The highest BCUT2D eigenvalue weighted by molar-refractivity contribution is 4.88. The third-order valence-corrected chi connectivity index (χ3v) is 3.84. The van der Waals surface area contributed by atoms with Gasteiger partial charge >= 0.3 is 0 Å². The van der Waals surface area contributed by atoms with Gasteiger partial charge in [-0.3, -0.25) is 4.90 Å². The Labute approximate surface area is 86.3 Å². The smallest absolute Gasteiger partial charge is 0.0586 e. The second-order valence-electron chi connectivity index (χ2n) is 4.79. The van der Waals surface area contributed by atoms with Gasteiger partial charge in [-0.05, 0) is 45.1 Å². The molecule has 1 saturated carbocycles. The molecule has 0 aromatic carbocycles.